The fourth-order valence-corrected chi connectivity index (χ4v) is 3.89. The molecule has 1 fully saturated rings. The molecule has 0 saturated heterocycles. The number of rotatable bonds is 5. The summed E-state index contributed by atoms with van der Waals surface area (Å²) in [6, 6.07) is 12.5. The SMILES string of the molecule is NC(=O)[C@@H](NC(=O)OCc1ccccc1)C1c2ccc(F)cc2OCC12CC2. The van der Waals surface area contributed by atoms with Crippen LogP contribution in [0.2, 0.25) is 0 Å². The number of benzene rings is 2. The van der Waals surface area contributed by atoms with Crippen molar-refractivity contribution < 1.29 is 23.5 Å². The van der Waals surface area contributed by atoms with Crippen molar-refractivity contribution in [1.29, 1.82) is 0 Å². The molecule has 2 aromatic carbocycles. The largest absolute Gasteiger partial charge is 0.493 e. The van der Waals surface area contributed by atoms with Crippen LogP contribution >= 0.6 is 0 Å². The third-order valence-corrected chi connectivity index (χ3v) is 5.50. The van der Waals surface area contributed by atoms with Crippen molar-refractivity contribution >= 4 is 12.0 Å². The lowest BCUT2D eigenvalue weighted by molar-refractivity contribution is -0.121. The van der Waals surface area contributed by atoms with Crippen molar-refractivity contribution in [3.05, 3.63) is 65.5 Å². The average Bonchev–Trinajstić information content (AvgIpc) is 3.46. The summed E-state index contributed by atoms with van der Waals surface area (Å²) in [5.74, 6) is -1.09. The van der Waals surface area contributed by atoms with Crippen molar-refractivity contribution in [2.24, 2.45) is 11.1 Å². The Morgan fingerprint density at radius 1 is 1.25 bits per heavy atom. The summed E-state index contributed by atoms with van der Waals surface area (Å²) in [6.07, 6.45) is 0.969. The summed E-state index contributed by atoms with van der Waals surface area (Å²) in [5, 5.41) is 2.62. The molecule has 1 saturated carbocycles. The zero-order valence-electron chi connectivity index (χ0n) is 15.2. The molecule has 4 rings (SSSR count). The van der Waals surface area contributed by atoms with E-state index in [-0.39, 0.29) is 12.0 Å². The van der Waals surface area contributed by atoms with E-state index in [0.717, 1.165) is 18.4 Å². The van der Waals surface area contributed by atoms with E-state index in [1.165, 1.54) is 12.1 Å². The Morgan fingerprint density at radius 3 is 2.68 bits per heavy atom. The van der Waals surface area contributed by atoms with Crippen LogP contribution in [0.3, 0.4) is 0 Å². The van der Waals surface area contributed by atoms with Gasteiger partial charge in [-0.05, 0) is 24.5 Å². The van der Waals surface area contributed by atoms with Crippen LogP contribution in [0.4, 0.5) is 9.18 Å². The molecule has 6 nitrogen and oxygen atoms in total. The molecule has 2 atom stereocenters. The standard InChI is InChI=1S/C21H21FN2O4/c22-14-6-7-15-16(10-14)28-12-21(8-9-21)17(15)18(19(23)25)24-20(26)27-11-13-4-2-1-3-5-13/h1-7,10,17-18H,8-9,11-12H2,(H2,23,25)(H,24,26)/t17?,18-/m0/s1. The second-order valence-electron chi connectivity index (χ2n) is 7.40. The van der Waals surface area contributed by atoms with Gasteiger partial charge >= 0.3 is 6.09 Å². The van der Waals surface area contributed by atoms with Gasteiger partial charge in [0.05, 0.1) is 6.61 Å². The molecule has 2 amide bonds. The minimum atomic E-state index is -0.973. The molecular formula is C21H21FN2O4. The van der Waals surface area contributed by atoms with Gasteiger partial charge in [0, 0.05) is 23.0 Å². The Bertz CT molecular complexity index is 899. The van der Waals surface area contributed by atoms with E-state index in [0.29, 0.717) is 17.9 Å². The number of nitrogens with one attached hydrogen (secondary N) is 1. The van der Waals surface area contributed by atoms with Crippen molar-refractivity contribution in [2.45, 2.75) is 31.4 Å². The molecule has 1 aliphatic heterocycles. The van der Waals surface area contributed by atoms with Gasteiger partial charge in [-0.1, -0.05) is 36.4 Å². The highest BCUT2D eigenvalue weighted by Crippen LogP contribution is 2.61. The zero-order valence-corrected chi connectivity index (χ0v) is 15.2. The Morgan fingerprint density at radius 2 is 2.00 bits per heavy atom. The summed E-state index contributed by atoms with van der Waals surface area (Å²) < 4.78 is 24.6. The number of alkyl carbamates (subject to hydrolysis) is 1. The Balaban J connectivity index is 1.54. The van der Waals surface area contributed by atoms with Gasteiger partial charge in [-0.25, -0.2) is 9.18 Å². The summed E-state index contributed by atoms with van der Waals surface area (Å²) in [7, 11) is 0. The number of carbonyl (C=O) groups is 2. The first-order chi connectivity index (χ1) is 13.5. The van der Waals surface area contributed by atoms with Crippen LogP contribution in [0.15, 0.2) is 48.5 Å². The normalized spacial score (nSPS) is 19.8. The maximum atomic E-state index is 13.6. The average molecular weight is 384 g/mol. The molecule has 1 spiro atoms. The molecule has 0 radical (unpaired) electrons. The van der Waals surface area contributed by atoms with Gasteiger partial charge in [-0.3, -0.25) is 4.79 Å². The Labute approximate surface area is 161 Å². The van der Waals surface area contributed by atoms with Crippen molar-refractivity contribution in [1.82, 2.24) is 5.32 Å². The lowest BCUT2D eigenvalue weighted by atomic mass is 9.76. The van der Waals surface area contributed by atoms with Gasteiger partial charge in [-0.15, -0.1) is 0 Å². The molecule has 0 bridgehead atoms. The number of primary amides is 1. The number of amides is 2. The predicted molar refractivity (Wildman–Crippen MR) is 99.0 cm³/mol. The van der Waals surface area contributed by atoms with Crippen LogP contribution < -0.4 is 15.8 Å². The quantitative estimate of drug-likeness (QED) is 0.829. The minimum Gasteiger partial charge on any atom is -0.493 e. The van der Waals surface area contributed by atoms with Crippen LogP contribution in [0, 0.1) is 11.2 Å². The molecule has 2 aliphatic rings. The van der Waals surface area contributed by atoms with E-state index >= 15 is 0 Å². The smallest absolute Gasteiger partial charge is 0.408 e. The van der Waals surface area contributed by atoms with Gasteiger partial charge in [0.15, 0.2) is 0 Å². The van der Waals surface area contributed by atoms with Gasteiger partial charge in [0.1, 0.15) is 24.2 Å². The number of hydrogen-bond donors (Lipinski definition) is 2. The number of ether oxygens (including phenoxy) is 2. The first kappa shape index (κ1) is 18.3. The lowest BCUT2D eigenvalue weighted by Crippen LogP contribution is -2.52. The molecule has 7 heteroatoms. The predicted octanol–water partition coefficient (Wildman–Crippen LogP) is 2.86. The molecular weight excluding hydrogens is 363 g/mol. The zero-order chi connectivity index (χ0) is 19.7. The van der Waals surface area contributed by atoms with Crippen LogP contribution in [0.25, 0.3) is 0 Å². The molecule has 1 heterocycles. The maximum absolute atomic E-state index is 13.6. The molecule has 2 aromatic rings. The van der Waals surface area contributed by atoms with E-state index in [2.05, 4.69) is 5.32 Å². The third-order valence-electron chi connectivity index (χ3n) is 5.50. The van der Waals surface area contributed by atoms with Crippen LogP contribution in [0.1, 0.15) is 29.9 Å². The number of halogens is 1. The van der Waals surface area contributed by atoms with Crippen molar-refractivity contribution in [2.75, 3.05) is 6.61 Å². The van der Waals surface area contributed by atoms with E-state index in [1.807, 2.05) is 30.3 Å². The fourth-order valence-electron chi connectivity index (χ4n) is 3.89. The van der Waals surface area contributed by atoms with E-state index in [4.69, 9.17) is 15.2 Å². The summed E-state index contributed by atoms with van der Waals surface area (Å²) >= 11 is 0. The Hall–Kier alpha value is -3.09. The van der Waals surface area contributed by atoms with Gasteiger partial charge in [0.25, 0.3) is 0 Å². The van der Waals surface area contributed by atoms with Crippen LogP contribution in [-0.4, -0.2) is 24.6 Å². The third kappa shape index (κ3) is 3.52. The van der Waals surface area contributed by atoms with Crippen LogP contribution in [-0.2, 0) is 16.1 Å². The number of nitrogens with two attached hydrogens (primary N) is 1. The molecule has 1 aliphatic carbocycles. The summed E-state index contributed by atoms with van der Waals surface area (Å²) in [6.45, 7) is 0.442. The number of fused-ring (bicyclic) bond motifs is 1. The van der Waals surface area contributed by atoms with Crippen molar-refractivity contribution in [3.63, 3.8) is 0 Å². The van der Waals surface area contributed by atoms with Gasteiger partial charge < -0.3 is 20.5 Å². The molecule has 28 heavy (non-hydrogen) atoms. The highest BCUT2D eigenvalue weighted by Gasteiger charge is 2.57. The first-order valence-corrected chi connectivity index (χ1v) is 9.17. The van der Waals surface area contributed by atoms with Gasteiger partial charge in [-0.2, -0.15) is 0 Å². The summed E-state index contributed by atoms with van der Waals surface area (Å²) in [4.78, 5) is 24.6. The highest BCUT2D eigenvalue weighted by atomic mass is 19.1. The van der Waals surface area contributed by atoms with E-state index < -0.39 is 29.8 Å². The number of hydrogen-bond acceptors (Lipinski definition) is 4. The second-order valence-corrected chi connectivity index (χ2v) is 7.40. The van der Waals surface area contributed by atoms with Crippen molar-refractivity contribution in [3.8, 4) is 5.75 Å². The first-order valence-electron chi connectivity index (χ1n) is 9.17. The molecule has 1 unspecified atom stereocenters. The molecule has 3 N–H and O–H groups in total. The minimum absolute atomic E-state index is 0.0822. The highest BCUT2D eigenvalue weighted by molar-refractivity contribution is 5.86. The number of carbonyl (C=O) groups excluding carboxylic acids is 2. The topological polar surface area (TPSA) is 90.7 Å². The molecule has 0 aromatic heterocycles. The fraction of sp³-hybridized carbons (Fsp3) is 0.333. The Kier molecular flexibility index (Phi) is 4.66. The van der Waals surface area contributed by atoms with Crippen LogP contribution in [0.5, 0.6) is 5.75 Å². The van der Waals surface area contributed by atoms with E-state index in [9.17, 15) is 14.0 Å². The lowest BCUT2D eigenvalue weighted by Gasteiger charge is -2.37. The summed E-state index contributed by atoms with van der Waals surface area (Å²) in [5.41, 5.74) is 6.86. The monoisotopic (exact) mass is 384 g/mol. The van der Waals surface area contributed by atoms with E-state index in [1.54, 1.807) is 6.07 Å². The maximum Gasteiger partial charge on any atom is 0.408 e. The molecule has 146 valence electrons. The van der Waals surface area contributed by atoms with Gasteiger partial charge in [0.2, 0.25) is 5.91 Å². The second kappa shape index (κ2) is 7.14.